The Morgan fingerprint density at radius 1 is 1.10 bits per heavy atom. The number of pyridine rings is 1. The first-order valence-corrected chi connectivity index (χ1v) is 14.3. The summed E-state index contributed by atoms with van der Waals surface area (Å²) in [6, 6.07) is 18.1. The van der Waals surface area contributed by atoms with Crippen LogP contribution >= 0.6 is 0 Å². The molecule has 0 aliphatic carbocycles. The zero-order valence-corrected chi connectivity index (χ0v) is 23.1. The Hall–Kier alpha value is -4.04. The molecule has 2 amide bonds. The maximum Gasteiger partial charge on any atom is 0.250 e. The number of anilines is 1. The number of fused-ring (bicyclic) bond motifs is 1. The lowest BCUT2D eigenvalue weighted by Crippen LogP contribution is -2.38. The Morgan fingerprint density at radius 3 is 2.70 bits per heavy atom. The van der Waals surface area contributed by atoms with E-state index in [0.29, 0.717) is 19.5 Å². The van der Waals surface area contributed by atoms with Gasteiger partial charge in [-0.3, -0.25) is 14.6 Å². The summed E-state index contributed by atoms with van der Waals surface area (Å²) in [4.78, 5) is 32.1. The predicted octanol–water partition coefficient (Wildman–Crippen LogP) is 4.70. The summed E-state index contributed by atoms with van der Waals surface area (Å²) in [6.45, 7) is 3.86. The van der Waals surface area contributed by atoms with Crippen LogP contribution in [0, 0.1) is 0 Å². The molecule has 2 aromatic carbocycles. The summed E-state index contributed by atoms with van der Waals surface area (Å²) in [6.07, 6.45) is 11.3. The number of aromatic nitrogens is 1. The van der Waals surface area contributed by atoms with Crippen LogP contribution in [0.3, 0.4) is 0 Å². The van der Waals surface area contributed by atoms with Gasteiger partial charge in [-0.2, -0.15) is 5.10 Å². The molecular weight excluding hydrogens is 500 g/mol. The minimum absolute atomic E-state index is 0.0297. The van der Waals surface area contributed by atoms with E-state index in [1.165, 1.54) is 0 Å². The number of hydrogen-bond acceptors (Lipinski definition) is 6. The van der Waals surface area contributed by atoms with Gasteiger partial charge in [0.2, 0.25) is 5.91 Å². The van der Waals surface area contributed by atoms with Gasteiger partial charge in [-0.1, -0.05) is 49.2 Å². The molecule has 3 N–H and O–H groups in total. The Morgan fingerprint density at radius 2 is 1.93 bits per heavy atom. The van der Waals surface area contributed by atoms with E-state index in [1.807, 2.05) is 30.3 Å². The fraction of sp³-hybridized carbons (Fsp3) is 0.375. The van der Waals surface area contributed by atoms with Crippen molar-refractivity contribution in [2.24, 2.45) is 10.8 Å². The van der Waals surface area contributed by atoms with Gasteiger partial charge in [0.15, 0.2) is 0 Å². The van der Waals surface area contributed by atoms with E-state index in [9.17, 15) is 9.59 Å². The van der Waals surface area contributed by atoms with E-state index < -0.39 is 6.04 Å². The van der Waals surface area contributed by atoms with Gasteiger partial charge in [-0.15, -0.1) is 0 Å². The van der Waals surface area contributed by atoms with E-state index in [0.717, 1.165) is 72.1 Å². The molecule has 2 atom stereocenters. The van der Waals surface area contributed by atoms with Crippen molar-refractivity contribution in [3.8, 4) is 0 Å². The van der Waals surface area contributed by atoms with Crippen LogP contribution in [0.15, 0.2) is 78.2 Å². The minimum atomic E-state index is -0.489. The summed E-state index contributed by atoms with van der Waals surface area (Å²) < 4.78 is 0. The smallest absolute Gasteiger partial charge is 0.250 e. The summed E-state index contributed by atoms with van der Waals surface area (Å²) in [7, 11) is 0. The van der Waals surface area contributed by atoms with Crippen LogP contribution in [0.2, 0.25) is 0 Å². The monoisotopic (exact) mass is 538 g/mol. The Balaban J connectivity index is 1.29. The molecule has 2 aliphatic heterocycles. The number of nitrogens with two attached hydrogens (primary N) is 1. The third-order valence-electron chi connectivity index (χ3n) is 7.59. The second-order valence-electron chi connectivity index (χ2n) is 10.6. The molecule has 0 spiro atoms. The number of carbonyl (C=O) groups excluding carboxylic acids is 2. The summed E-state index contributed by atoms with van der Waals surface area (Å²) in [5, 5.41) is 10.4. The van der Waals surface area contributed by atoms with Crippen molar-refractivity contribution in [1.29, 1.82) is 0 Å². The predicted molar refractivity (Wildman–Crippen MR) is 160 cm³/mol. The molecule has 3 heterocycles. The minimum Gasteiger partial charge on any atom is -0.355 e. The molecule has 1 unspecified atom stereocenters. The number of nitrogens with one attached hydrogen (secondary N) is 1. The maximum absolute atomic E-state index is 13.7. The van der Waals surface area contributed by atoms with Gasteiger partial charge < -0.3 is 16.0 Å². The third-order valence-corrected chi connectivity index (χ3v) is 7.59. The topological polar surface area (TPSA) is 104 Å². The molecule has 0 bridgehead atoms. The van der Waals surface area contributed by atoms with Crippen molar-refractivity contribution in [2.75, 3.05) is 24.5 Å². The summed E-state index contributed by atoms with van der Waals surface area (Å²) in [5.41, 5.74) is 10.6. The van der Waals surface area contributed by atoms with Crippen LogP contribution < -0.4 is 16.0 Å². The van der Waals surface area contributed by atoms with Gasteiger partial charge in [0, 0.05) is 49.5 Å². The molecule has 0 fully saturated rings. The average molecular weight is 539 g/mol. The number of benzene rings is 2. The Bertz CT molecular complexity index is 1400. The second-order valence-corrected chi connectivity index (χ2v) is 10.6. The van der Waals surface area contributed by atoms with Crippen molar-refractivity contribution in [2.45, 2.75) is 57.4 Å². The van der Waals surface area contributed by atoms with Crippen LogP contribution in [0.1, 0.15) is 62.5 Å². The van der Waals surface area contributed by atoms with E-state index in [4.69, 9.17) is 10.8 Å². The standard InChI is InChI=1S/C32H38N6O2/c1-23(33)31(39)35-16-4-2-3-5-20-38-32(40)28(26-11-10-24-9-8-17-34-29(24)21-26)22-30(36-38)25-12-14-27(15-13-25)37-18-6-7-19-37/h6,8-15,17-18,21,23,28H,2-5,7,16,19-20,22,33H2,1H3,(H,35,39)/t23-,28?/m0/s1. The van der Waals surface area contributed by atoms with E-state index in [-0.39, 0.29) is 17.7 Å². The van der Waals surface area contributed by atoms with Gasteiger partial charge in [0.05, 0.1) is 23.2 Å². The van der Waals surface area contributed by atoms with Gasteiger partial charge in [0.25, 0.3) is 5.91 Å². The van der Waals surface area contributed by atoms with Crippen LogP contribution in [0.5, 0.6) is 0 Å². The number of nitrogens with zero attached hydrogens (tertiary/aromatic N) is 4. The Labute approximate surface area is 235 Å². The lowest BCUT2D eigenvalue weighted by molar-refractivity contribution is -0.133. The fourth-order valence-corrected chi connectivity index (χ4v) is 5.26. The first kappa shape index (κ1) is 27.5. The first-order valence-electron chi connectivity index (χ1n) is 14.3. The quantitative estimate of drug-likeness (QED) is 0.345. The molecule has 8 heteroatoms. The van der Waals surface area contributed by atoms with Crippen LogP contribution in [0.4, 0.5) is 5.69 Å². The SMILES string of the molecule is C[C@H](N)C(=O)NCCCCCCN1N=C(c2ccc(N3C=CCC3)cc2)CC(c2ccc3cccnc3c2)C1=O. The fourth-order valence-electron chi connectivity index (χ4n) is 5.26. The molecule has 5 rings (SSSR count). The number of rotatable bonds is 11. The lowest BCUT2D eigenvalue weighted by Gasteiger charge is -2.30. The van der Waals surface area contributed by atoms with E-state index in [1.54, 1.807) is 18.1 Å². The highest BCUT2D eigenvalue weighted by Crippen LogP contribution is 2.31. The molecule has 8 nitrogen and oxygen atoms in total. The van der Waals surface area contributed by atoms with Crippen molar-refractivity contribution in [3.05, 3.63) is 84.2 Å². The molecule has 0 saturated carbocycles. The van der Waals surface area contributed by atoms with Gasteiger partial charge in [-0.25, -0.2) is 5.01 Å². The molecular formula is C32H38N6O2. The van der Waals surface area contributed by atoms with Crippen molar-refractivity contribution < 1.29 is 9.59 Å². The first-order chi connectivity index (χ1) is 19.5. The highest BCUT2D eigenvalue weighted by atomic mass is 16.2. The average Bonchev–Trinajstić information content (AvgIpc) is 3.52. The largest absolute Gasteiger partial charge is 0.355 e. The second kappa shape index (κ2) is 12.9. The maximum atomic E-state index is 13.7. The number of hydrogen-bond donors (Lipinski definition) is 2. The molecule has 40 heavy (non-hydrogen) atoms. The van der Waals surface area contributed by atoms with Gasteiger partial charge >= 0.3 is 0 Å². The van der Waals surface area contributed by atoms with E-state index in [2.05, 4.69) is 51.7 Å². The van der Waals surface area contributed by atoms with Gasteiger partial charge in [-0.05, 0) is 61.6 Å². The highest BCUT2D eigenvalue weighted by molar-refractivity contribution is 6.06. The molecule has 2 aliphatic rings. The lowest BCUT2D eigenvalue weighted by atomic mass is 9.88. The van der Waals surface area contributed by atoms with Crippen LogP contribution in [0.25, 0.3) is 10.9 Å². The number of carbonyl (C=O) groups is 2. The van der Waals surface area contributed by atoms with Crippen LogP contribution in [-0.4, -0.2) is 53.2 Å². The summed E-state index contributed by atoms with van der Waals surface area (Å²) in [5.74, 6) is -0.406. The molecule has 1 aromatic heterocycles. The summed E-state index contributed by atoms with van der Waals surface area (Å²) >= 11 is 0. The third kappa shape index (κ3) is 6.57. The highest BCUT2D eigenvalue weighted by Gasteiger charge is 2.32. The molecule has 208 valence electrons. The van der Waals surface area contributed by atoms with Crippen molar-refractivity contribution >= 4 is 34.1 Å². The Kier molecular flexibility index (Phi) is 8.86. The number of amides is 2. The molecule has 0 saturated heterocycles. The zero-order valence-electron chi connectivity index (χ0n) is 23.1. The van der Waals surface area contributed by atoms with Crippen molar-refractivity contribution in [1.82, 2.24) is 15.3 Å². The van der Waals surface area contributed by atoms with E-state index >= 15 is 0 Å². The molecule has 3 aromatic rings. The van der Waals surface area contributed by atoms with Crippen molar-refractivity contribution in [3.63, 3.8) is 0 Å². The normalized spacial score (nSPS) is 17.8. The number of hydrazone groups is 1. The zero-order chi connectivity index (χ0) is 27.9. The van der Waals surface area contributed by atoms with Crippen LogP contribution in [-0.2, 0) is 9.59 Å². The van der Waals surface area contributed by atoms with Gasteiger partial charge in [0.1, 0.15) is 0 Å². The molecule has 0 radical (unpaired) electrons. The number of unbranched alkanes of at least 4 members (excludes halogenated alkanes) is 3.